The van der Waals surface area contributed by atoms with Gasteiger partial charge in [0.25, 0.3) is 0 Å². The molecule has 3 heterocycles. The second kappa shape index (κ2) is 33.8. The van der Waals surface area contributed by atoms with Crippen LogP contribution in [0.1, 0.15) is 55.1 Å². The zero-order valence-electron chi connectivity index (χ0n) is 46.6. The molecule has 2 aromatic carbocycles. The Bertz CT molecular complexity index is 3080. The normalized spacial score (nSPS) is 14.2. The Kier molecular flexibility index (Phi) is 26.5. The van der Waals surface area contributed by atoms with Crippen LogP contribution in [0.4, 0.5) is 0 Å². The summed E-state index contributed by atoms with van der Waals surface area (Å²) >= 11 is 8.43. The largest absolute Gasteiger partial charge is 0.370 e. The number of nitrogens with zero attached hydrogens (tertiary/aromatic N) is 4. The van der Waals surface area contributed by atoms with Gasteiger partial charge in [-0.3, -0.25) is 53.1 Å². The maximum absolute atomic E-state index is 14.7. The van der Waals surface area contributed by atoms with E-state index < -0.39 is 108 Å². The average Bonchev–Trinajstić information content (AvgIpc) is 4.24. The van der Waals surface area contributed by atoms with Gasteiger partial charge in [-0.25, -0.2) is 9.97 Å². The monoisotopic (exact) mass is 1210 g/mol. The molecular weight excluding hydrogens is 1140 g/mol. The number of thiol groups is 2. The van der Waals surface area contributed by atoms with Crippen LogP contribution in [-0.4, -0.2) is 169 Å². The highest BCUT2D eigenvalue weighted by molar-refractivity contribution is 7.80. The van der Waals surface area contributed by atoms with E-state index >= 15 is 0 Å². The van der Waals surface area contributed by atoms with Gasteiger partial charge in [-0.05, 0) is 49.8 Å². The molecule has 0 radical (unpaired) electrons. The van der Waals surface area contributed by atoms with E-state index in [2.05, 4.69) is 103 Å². The van der Waals surface area contributed by atoms with Crippen molar-refractivity contribution in [2.45, 2.75) is 113 Å². The molecule has 85 heavy (non-hydrogen) atoms. The maximum Gasteiger partial charge on any atom is 0.244 e. The number of fused-ring (bicyclic) bond motifs is 1. The van der Waals surface area contributed by atoms with Crippen molar-refractivity contribution < 1.29 is 43.2 Å². The highest BCUT2D eigenvalue weighted by Crippen LogP contribution is 2.20. The molecule has 5 rings (SSSR count). The van der Waals surface area contributed by atoms with E-state index in [0.29, 0.717) is 22.5 Å². The second-order valence-electron chi connectivity index (χ2n) is 19.7. The Morgan fingerprint density at radius 1 is 0.506 bits per heavy atom. The lowest BCUT2D eigenvalue weighted by Gasteiger charge is -2.27. The van der Waals surface area contributed by atoms with Crippen molar-refractivity contribution in [1.29, 1.82) is 0 Å². The number of aromatic amines is 3. The molecule has 458 valence electrons. The van der Waals surface area contributed by atoms with Crippen molar-refractivity contribution in [1.82, 2.24) is 67.5 Å². The summed E-state index contributed by atoms with van der Waals surface area (Å²) in [6, 6.07) is 4.10. The SMILES string of the molecule is C[C@@H](NC(=O)[C@H](CS)NC(=O)[C@H](CCCN=C(N)N)NC(=O)[C@@H](N)Cc1cnc[nH]1)C(=O)N[C@@H](Cc1cnc[nH]1)C(=O)N[C@H](Cc1ccccc1)C(=O)N[C@@H](CCCN=C(N)N)C(=O)N[C@@H](Cc1c[nH]c2ccccc12)C(=O)N[C@@H](CS)C(N)=O. The quantitative estimate of drug-likeness (QED) is 0.00788. The topological polar surface area (TPSA) is 504 Å². The van der Waals surface area contributed by atoms with E-state index in [1.165, 1.54) is 32.0 Å². The number of amides is 9. The van der Waals surface area contributed by atoms with Gasteiger partial charge in [0, 0.05) is 91.2 Å². The Morgan fingerprint density at radius 2 is 0.953 bits per heavy atom. The van der Waals surface area contributed by atoms with Gasteiger partial charge < -0.3 is 91.9 Å². The number of primary amides is 1. The number of para-hydroxylation sites is 1. The fourth-order valence-electron chi connectivity index (χ4n) is 8.60. The zero-order chi connectivity index (χ0) is 62.0. The number of H-pyrrole nitrogens is 3. The van der Waals surface area contributed by atoms with E-state index in [4.69, 9.17) is 34.4 Å². The summed E-state index contributed by atoms with van der Waals surface area (Å²) in [6.07, 6.45) is 7.38. The molecule has 0 aliphatic carbocycles. The fourth-order valence-corrected chi connectivity index (χ4v) is 9.13. The number of rotatable bonds is 35. The lowest BCUT2D eigenvalue weighted by molar-refractivity contribution is -0.135. The van der Waals surface area contributed by atoms with E-state index in [1.54, 1.807) is 42.6 Å². The molecule has 0 aliphatic heterocycles. The number of nitrogens with one attached hydrogen (secondary N) is 11. The average molecular weight is 1210 g/mol. The Hall–Kier alpha value is -9.17. The Labute approximate surface area is 499 Å². The first-order valence-electron chi connectivity index (χ1n) is 27.0. The minimum absolute atomic E-state index is 0.0288. The summed E-state index contributed by atoms with van der Waals surface area (Å²) in [5.74, 6) is -8.13. The van der Waals surface area contributed by atoms with Crippen molar-refractivity contribution >= 4 is 101 Å². The maximum atomic E-state index is 14.7. The number of nitrogens with two attached hydrogens (primary N) is 6. The lowest BCUT2D eigenvalue weighted by Crippen LogP contribution is -2.61. The number of hydrogen-bond acceptors (Lipinski definition) is 16. The number of benzene rings is 2. The molecule has 5 aromatic rings. The number of aliphatic imine (C=N–C) groups is 2. The Balaban J connectivity index is 1.35. The van der Waals surface area contributed by atoms with Crippen molar-refractivity contribution in [3.63, 3.8) is 0 Å². The zero-order valence-corrected chi connectivity index (χ0v) is 48.4. The molecule has 0 saturated heterocycles. The second-order valence-corrected chi connectivity index (χ2v) is 20.5. The third kappa shape index (κ3) is 21.8. The van der Waals surface area contributed by atoms with Crippen LogP contribution in [0.5, 0.6) is 0 Å². The van der Waals surface area contributed by atoms with Gasteiger partial charge in [-0.15, -0.1) is 0 Å². The molecule has 0 saturated carbocycles. The highest BCUT2D eigenvalue weighted by Gasteiger charge is 2.35. The van der Waals surface area contributed by atoms with Gasteiger partial charge in [0.2, 0.25) is 53.2 Å². The van der Waals surface area contributed by atoms with Crippen LogP contribution >= 0.6 is 25.3 Å². The minimum Gasteiger partial charge on any atom is -0.370 e. The molecule has 0 fully saturated rings. The van der Waals surface area contributed by atoms with E-state index in [1.807, 2.05) is 18.2 Å². The van der Waals surface area contributed by atoms with Crippen molar-refractivity contribution in [2.24, 2.45) is 44.4 Å². The molecule has 0 spiro atoms. The number of carbonyl (C=O) groups is 9. The van der Waals surface area contributed by atoms with Crippen molar-refractivity contribution in [3.05, 3.63) is 108 Å². The van der Waals surface area contributed by atoms with Gasteiger partial charge in [0.1, 0.15) is 48.3 Å². The van der Waals surface area contributed by atoms with Gasteiger partial charge >= 0.3 is 0 Å². The molecule has 3 aromatic heterocycles. The molecule has 0 aliphatic rings. The van der Waals surface area contributed by atoms with Crippen molar-refractivity contribution in [2.75, 3.05) is 24.6 Å². The van der Waals surface area contributed by atoms with Crippen LogP contribution in [0.15, 0.2) is 95.8 Å². The first-order chi connectivity index (χ1) is 40.6. The molecule has 23 N–H and O–H groups in total. The smallest absolute Gasteiger partial charge is 0.244 e. The highest BCUT2D eigenvalue weighted by atomic mass is 32.1. The number of aromatic nitrogens is 5. The number of imidazole rings is 2. The summed E-state index contributed by atoms with van der Waals surface area (Å²) in [5.41, 5.74) is 36.7. The van der Waals surface area contributed by atoms with Crippen LogP contribution in [0.25, 0.3) is 10.9 Å². The summed E-state index contributed by atoms with van der Waals surface area (Å²) < 4.78 is 0. The van der Waals surface area contributed by atoms with Gasteiger partial charge in [0.05, 0.1) is 18.7 Å². The van der Waals surface area contributed by atoms with Crippen LogP contribution in [-0.2, 0) is 68.8 Å². The fraction of sp³-hybridized carbons (Fsp3) is 0.415. The van der Waals surface area contributed by atoms with E-state index in [-0.39, 0.29) is 87.9 Å². The molecule has 9 atom stereocenters. The van der Waals surface area contributed by atoms with Crippen molar-refractivity contribution in [3.8, 4) is 0 Å². The predicted octanol–water partition coefficient (Wildman–Crippen LogP) is -4.44. The summed E-state index contributed by atoms with van der Waals surface area (Å²) in [4.78, 5) is 149. The molecular formula is C53H75N21O9S2. The first kappa shape index (κ1) is 66.6. The minimum atomic E-state index is -1.44. The molecule has 0 unspecified atom stereocenters. The molecule has 0 bridgehead atoms. The van der Waals surface area contributed by atoms with Crippen LogP contribution < -0.4 is 76.9 Å². The third-order valence-corrected chi connectivity index (χ3v) is 13.9. The van der Waals surface area contributed by atoms with Gasteiger partial charge in [0.15, 0.2) is 11.9 Å². The summed E-state index contributed by atoms with van der Waals surface area (Å²) in [5, 5.41) is 21.9. The standard InChI is InChI=1S/C53H75N21O9S2/c1-28(67-51(83)42(25-85)74-47(79)36(13-7-15-62-52(56)57)68-45(77)34(54)19-31-22-60-26-65-31)44(76)70-40(20-32-23-61-27-66-32)50(82)71-38(17-29-9-3-2-4-10-29)48(80)69-37(14-8-16-63-53(58)59)46(78)72-39(49(81)73-41(24-84)43(55)75)18-30-21-64-35-12-6-5-11-33(30)35/h2-6,9-12,21-23,26-28,34,36-42,64,84-85H,7-8,13-20,24-25,54H2,1H3,(H2,55,75)(H,60,65)(H,61,66)(H,67,83)(H,68,77)(H,69,80)(H,70,76)(H,71,82)(H,72,78)(H,73,81)(H,74,79)(H4,56,57,62)(H4,58,59,63)/t28-,34+,36+,37+,38-,39+,40+,41+,42+/m1/s1. The summed E-state index contributed by atoms with van der Waals surface area (Å²) in [7, 11) is 0. The van der Waals surface area contributed by atoms with Crippen LogP contribution in [0.2, 0.25) is 0 Å². The number of carbonyl (C=O) groups excluding carboxylic acids is 9. The number of hydrogen-bond donors (Lipinski definition) is 19. The van der Waals surface area contributed by atoms with Crippen LogP contribution in [0, 0.1) is 0 Å². The molecule has 9 amide bonds. The van der Waals surface area contributed by atoms with Crippen LogP contribution in [0.3, 0.4) is 0 Å². The van der Waals surface area contributed by atoms with E-state index in [0.717, 1.165) is 10.9 Å². The van der Waals surface area contributed by atoms with E-state index in [9.17, 15) is 43.2 Å². The molecule has 30 nitrogen and oxygen atoms in total. The first-order valence-corrected chi connectivity index (χ1v) is 28.3. The number of guanidine groups is 2. The lowest BCUT2D eigenvalue weighted by atomic mass is 10.0. The Morgan fingerprint density at radius 3 is 1.48 bits per heavy atom. The summed E-state index contributed by atoms with van der Waals surface area (Å²) in [6.45, 7) is 1.49. The predicted molar refractivity (Wildman–Crippen MR) is 323 cm³/mol. The molecule has 32 heteroatoms. The van der Waals surface area contributed by atoms with Gasteiger partial charge in [-0.1, -0.05) is 48.5 Å². The third-order valence-electron chi connectivity index (χ3n) is 13.2. The van der Waals surface area contributed by atoms with Gasteiger partial charge in [-0.2, -0.15) is 25.3 Å².